The number of carboxylic acids is 1. The fourth-order valence-electron chi connectivity index (χ4n) is 4.07. The summed E-state index contributed by atoms with van der Waals surface area (Å²) < 4.78 is 6.85. The molecule has 3 atom stereocenters. The molecule has 1 heterocycles. The summed E-state index contributed by atoms with van der Waals surface area (Å²) in [6.07, 6.45) is 2.23. The minimum absolute atomic E-state index is 0.00760. The summed E-state index contributed by atoms with van der Waals surface area (Å²) in [4.78, 5) is 14.1. The molecular weight excluding hydrogens is 410 g/mol. The topological polar surface area (TPSA) is 108 Å². The van der Waals surface area contributed by atoms with E-state index in [-0.39, 0.29) is 28.9 Å². The summed E-state index contributed by atoms with van der Waals surface area (Å²) in [7, 11) is -2.08. The number of carbonyl (C=O) groups is 1. The minimum atomic E-state index is -2.08. The second-order valence-corrected chi connectivity index (χ2v) is 14.8. The highest BCUT2D eigenvalue weighted by Crippen LogP contribution is 2.40. The summed E-state index contributed by atoms with van der Waals surface area (Å²) in [5.74, 6) is -0.975. The first-order valence-electron chi connectivity index (χ1n) is 11.1. The van der Waals surface area contributed by atoms with Crippen molar-refractivity contribution in [1.82, 2.24) is 4.90 Å². The van der Waals surface area contributed by atoms with Crippen LogP contribution in [0.4, 0.5) is 0 Å². The summed E-state index contributed by atoms with van der Waals surface area (Å²) in [6, 6.07) is 7.60. The average Bonchev–Trinajstić information content (AvgIpc) is 2.71. The molecule has 174 valence electrons. The van der Waals surface area contributed by atoms with Gasteiger partial charge in [0.15, 0.2) is 14.2 Å². The average molecular weight is 450 g/mol. The number of hydrogen-bond donors (Lipinski definition) is 3. The third kappa shape index (κ3) is 6.08. The second kappa shape index (κ2) is 10.1. The molecule has 3 unspecified atom stereocenters. The number of hydrogen-bond acceptors (Lipinski definition) is 5. The zero-order valence-corrected chi connectivity index (χ0v) is 20.8. The zero-order valence-electron chi connectivity index (χ0n) is 19.8. The molecule has 0 aliphatic carbocycles. The van der Waals surface area contributed by atoms with Crippen molar-refractivity contribution in [2.75, 3.05) is 13.1 Å². The first-order valence-corrected chi connectivity index (χ1v) is 14.0. The predicted octanol–water partition coefficient (Wildman–Crippen LogP) is 4.42. The van der Waals surface area contributed by atoms with E-state index in [1.54, 1.807) is 0 Å². The molecule has 31 heavy (non-hydrogen) atoms. The van der Waals surface area contributed by atoms with Gasteiger partial charge in [-0.15, -0.1) is 0 Å². The summed E-state index contributed by atoms with van der Waals surface area (Å²) in [5.41, 5.74) is 7.39. The number of carboxylic acid groups (broad SMARTS) is 1. The maximum atomic E-state index is 11.8. The van der Waals surface area contributed by atoms with E-state index in [4.69, 9.17) is 15.4 Å². The highest BCUT2D eigenvalue weighted by Gasteiger charge is 2.41. The van der Waals surface area contributed by atoms with Crippen molar-refractivity contribution in [2.45, 2.75) is 77.2 Å². The van der Waals surface area contributed by atoms with Gasteiger partial charge in [-0.05, 0) is 49.5 Å². The summed E-state index contributed by atoms with van der Waals surface area (Å²) in [6.45, 7) is 14.7. The maximum absolute atomic E-state index is 11.8. The van der Waals surface area contributed by atoms with Crippen LogP contribution in [-0.4, -0.2) is 54.5 Å². The molecule has 0 bridgehead atoms. The van der Waals surface area contributed by atoms with Gasteiger partial charge in [-0.2, -0.15) is 0 Å². The van der Waals surface area contributed by atoms with Crippen LogP contribution in [-0.2, 0) is 9.22 Å². The molecule has 0 aromatic heterocycles. The molecule has 1 aromatic rings. The molecular formula is C23H39N3O4Si. The molecule has 0 saturated carbocycles. The van der Waals surface area contributed by atoms with Gasteiger partial charge in [0.1, 0.15) is 0 Å². The molecule has 7 nitrogen and oxygen atoms in total. The van der Waals surface area contributed by atoms with Crippen LogP contribution in [0.15, 0.2) is 29.4 Å². The van der Waals surface area contributed by atoms with Gasteiger partial charge in [0.05, 0.1) is 12.0 Å². The monoisotopic (exact) mass is 449 g/mol. The molecule has 1 aliphatic heterocycles. The van der Waals surface area contributed by atoms with Crippen LogP contribution in [0.25, 0.3) is 0 Å². The number of oxime groups is 1. The van der Waals surface area contributed by atoms with Crippen LogP contribution in [0.3, 0.4) is 0 Å². The molecule has 1 aliphatic rings. The molecule has 8 heteroatoms. The Morgan fingerprint density at radius 2 is 1.94 bits per heavy atom. The largest absolute Gasteiger partial charge is 0.481 e. The van der Waals surface area contributed by atoms with Gasteiger partial charge in [0, 0.05) is 18.2 Å². The molecule has 0 spiro atoms. The van der Waals surface area contributed by atoms with E-state index in [0.29, 0.717) is 12.1 Å². The summed E-state index contributed by atoms with van der Waals surface area (Å²) in [5, 5.41) is 21.8. The van der Waals surface area contributed by atoms with Gasteiger partial charge >= 0.3 is 5.97 Å². The third-order valence-corrected chi connectivity index (χ3v) is 11.4. The number of piperidine rings is 1. The molecule has 0 amide bonds. The third-order valence-electron chi connectivity index (χ3n) is 6.96. The number of likely N-dealkylation sites (tertiary alicyclic amines) is 1. The minimum Gasteiger partial charge on any atom is -0.481 e. The van der Waals surface area contributed by atoms with Crippen LogP contribution in [0.1, 0.15) is 64.2 Å². The quantitative estimate of drug-likeness (QED) is 0.178. The SMILES string of the molecule is CCC1C(C(=O)O)CCCN1CC(O[Si](C)(C)C(C)(C)C)c1ccc(C(N)=NO)cc1. The Kier molecular flexibility index (Phi) is 8.30. The highest BCUT2D eigenvalue weighted by atomic mass is 28.4. The molecule has 0 radical (unpaired) electrons. The van der Waals surface area contributed by atoms with Gasteiger partial charge < -0.3 is 20.5 Å². The van der Waals surface area contributed by atoms with Crippen molar-refractivity contribution in [1.29, 1.82) is 0 Å². The predicted molar refractivity (Wildman–Crippen MR) is 126 cm³/mol. The Morgan fingerprint density at radius 3 is 2.42 bits per heavy atom. The van der Waals surface area contributed by atoms with Crippen molar-refractivity contribution in [2.24, 2.45) is 16.8 Å². The van der Waals surface area contributed by atoms with Crippen molar-refractivity contribution in [3.8, 4) is 0 Å². The number of amidine groups is 1. The van der Waals surface area contributed by atoms with Gasteiger partial charge in [-0.1, -0.05) is 57.1 Å². The summed E-state index contributed by atoms with van der Waals surface area (Å²) >= 11 is 0. The smallest absolute Gasteiger partial charge is 0.308 e. The number of aliphatic carboxylic acids is 1. The van der Waals surface area contributed by atoms with E-state index in [0.717, 1.165) is 31.4 Å². The number of nitrogens with zero attached hydrogens (tertiary/aromatic N) is 2. The lowest BCUT2D eigenvalue weighted by Crippen LogP contribution is -2.50. The molecule has 4 N–H and O–H groups in total. The van der Waals surface area contributed by atoms with Gasteiger partial charge in [-0.25, -0.2) is 0 Å². The normalized spacial score (nSPS) is 22.3. The van der Waals surface area contributed by atoms with Crippen molar-refractivity contribution < 1.29 is 19.5 Å². The van der Waals surface area contributed by atoms with E-state index < -0.39 is 14.3 Å². The van der Waals surface area contributed by atoms with Crippen LogP contribution < -0.4 is 5.73 Å². The number of rotatable bonds is 8. The molecule has 1 fully saturated rings. The van der Waals surface area contributed by atoms with E-state index in [9.17, 15) is 9.90 Å². The maximum Gasteiger partial charge on any atom is 0.308 e. The van der Waals surface area contributed by atoms with Crippen LogP contribution in [0, 0.1) is 5.92 Å². The molecule has 1 saturated heterocycles. The van der Waals surface area contributed by atoms with Gasteiger partial charge in [0.2, 0.25) is 0 Å². The number of benzene rings is 1. The van der Waals surface area contributed by atoms with Gasteiger partial charge in [-0.3, -0.25) is 9.69 Å². The van der Waals surface area contributed by atoms with E-state index in [1.165, 1.54) is 0 Å². The van der Waals surface area contributed by atoms with Crippen molar-refractivity contribution in [3.05, 3.63) is 35.4 Å². The Labute approximate surface area is 187 Å². The molecule has 1 aromatic carbocycles. The Balaban J connectivity index is 2.36. The lowest BCUT2D eigenvalue weighted by Gasteiger charge is -2.44. The first kappa shape index (κ1) is 25.4. The Morgan fingerprint density at radius 1 is 1.32 bits per heavy atom. The Hall–Kier alpha value is -1.90. The van der Waals surface area contributed by atoms with Crippen LogP contribution >= 0.6 is 0 Å². The fourth-order valence-corrected chi connectivity index (χ4v) is 5.34. The second-order valence-electron chi connectivity index (χ2n) is 10.0. The Bertz CT molecular complexity index is 774. The van der Waals surface area contributed by atoms with E-state index >= 15 is 0 Å². The lowest BCUT2D eigenvalue weighted by atomic mass is 9.87. The van der Waals surface area contributed by atoms with Crippen molar-refractivity contribution in [3.63, 3.8) is 0 Å². The van der Waals surface area contributed by atoms with Crippen LogP contribution in [0.5, 0.6) is 0 Å². The van der Waals surface area contributed by atoms with E-state index in [2.05, 4.69) is 50.8 Å². The molecule has 2 rings (SSSR count). The van der Waals surface area contributed by atoms with Gasteiger partial charge in [0.25, 0.3) is 0 Å². The standard InChI is InChI=1S/C23H39N3O4Si/c1-7-19-18(22(27)28)9-8-14-26(19)15-20(30-31(5,6)23(2,3)4)16-10-12-17(13-11-16)21(24)25-29/h10-13,18-20,29H,7-9,14-15H2,1-6H3,(H2,24,25)(H,27,28). The van der Waals surface area contributed by atoms with E-state index in [1.807, 2.05) is 24.3 Å². The first-order chi connectivity index (χ1) is 14.4. The zero-order chi connectivity index (χ0) is 23.4. The highest BCUT2D eigenvalue weighted by molar-refractivity contribution is 6.74. The van der Waals surface area contributed by atoms with Crippen molar-refractivity contribution >= 4 is 20.1 Å². The lowest BCUT2D eigenvalue weighted by molar-refractivity contribution is -0.146. The fraction of sp³-hybridized carbons (Fsp3) is 0.652. The number of nitrogens with two attached hydrogens (primary N) is 1. The van der Waals surface area contributed by atoms with Crippen LogP contribution in [0.2, 0.25) is 18.1 Å².